The second-order valence-corrected chi connectivity index (χ2v) is 5.20. The molecule has 1 N–H and O–H groups in total. The summed E-state index contributed by atoms with van der Waals surface area (Å²) < 4.78 is 4.92. The van der Waals surface area contributed by atoms with Crippen LogP contribution in [0.25, 0.3) is 0 Å². The molecule has 0 atom stereocenters. The van der Waals surface area contributed by atoms with E-state index in [0.29, 0.717) is 18.1 Å². The van der Waals surface area contributed by atoms with Crippen molar-refractivity contribution in [1.29, 1.82) is 0 Å². The van der Waals surface area contributed by atoms with Crippen molar-refractivity contribution in [2.24, 2.45) is 0 Å². The maximum absolute atomic E-state index is 12.0. The van der Waals surface area contributed by atoms with Crippen LogP contribution in [0.4, 0.5) is 11.6 Å². The normalized spacial score (nSPS) is 15.8. The lowest BCUT2D eigenvalue weighted by atomic mass is 10.3. The highest BCUT2D eigenvalue weighted by atomic mass is 16.5. The lowest BCUT2D eigenvalue weighted by molar-refractivity contribution is -0.117. The fraction of sp³-hybridized carbons (Fsp3) is 0.429. The molecule has 8 heteroatoms. The first kappa shape index (κ1) is 14.5. The minimum absolute atomic E-state index is 0.0822. The van der Waals surface area contributed by atoms with Crippen LogP contribution < -0.4 is 10.2 Å². The van der Waals surface area contributed by atoms with Crippen molar-refractivity contribution in [2.75, 3.05) is 42.9 Å². The molecule has 0 spiro atoms. The van der Waals surface area contributed by atoms with E-state index in [1.807, 2.05) is 0 Å². The molecule has 3 rings (SSSR count). The fourth-order valence-electron chi connectivity index (χ4n) is 2.40. The summed E-state index contributed by atoms with van der Waals surface area (Å²) >= 11 is 0. The Bertz CT molecular complexity index is 621. The van der Waals surface area contributed by atoms with Gasteiger partial charge in [-0.25, -0.2) is 4.98 Å². The van der Waals surface area contributed by atoms with Crippen molar-refractivity contribution in [2.45, 2.75) is 6.92 Å². The predicted octanol–water partition coefficient (Wildman–Crippen LogP) is 0.534. The molecule has 0 aromatic carbocycles. The average Bonchev–Trinajstić information content (AvgIpc) is 2.94. The quantitative estimate of drug-likeness (QED) is 0.881. The predicted molar refractivity (Wildman–Crippen MR) is 80.6 cm³/mol. The molecular formula is C14H18N6O2. The van der Waals surface area contributed by atoms with E-state index in [-0.39, 0.29) is 5.91 Å². The van der Waals surface area contributed by atoms with E-state index in [0.717, 1.165) is 32.0 Å². The van der Waals surface area contributed by atoms with Crippen LogP contribution in [0.3, 0.4) is 0 Å². The number of anilines is 2. The number of hydrogen-bond acceptors (Lipinski definition) is 7. The first-order valence-electron chi connectivity index (χ1n) is 7.17. The molecule has 1 aliphatic heterocycles. The van der Waals surface area contributed by atoms with Crippen molar-refractivity contribution >= 4 is 17.5 Å². The molecule has 1 fully saturated rings. The van der Waals surface area contributed by atoms with E-state index in [1.165, 1.54) is 0 Å². The Labute approximate surface area is 128 Å². The number of nitrogens with one attached hydrogen (secondary N) is 1. The first-order valence-corrected chi connectivity index (χ1v) is 7.17. The zero-order chi connectivity index (χ0) is 15.4. The molecule has 3 heterocycles. The molecule has 0 aliphatic carbocycles. The second kappa shape index (κ2) is 6.52. The van der Waals surface area contributed by atoms with E-state index < -0.39 is 0 Å². The van der Waals surface area contributed by atoms with Gasteiger partial charge < -0.3 is 14.7 Å². The third-order valence-corrected chi connectivity index (χ3v) is 3.51. The summed E-state index contributed by atoms with van der Waals surface area (Å²) in [5.41, 5.74) is 0. The van der Waals surface area contributed by atoms with E-state index in [1.54, 1.807) is 31.6 Å². The van der Waals surface area contributed by atoms with Crippen LogP contribution in [0.1, 0.15) is 5.76 Å². The number of aromatic nitrogens is 3. The van der Waals surface area contributed by atoms with Crippen molar-refractivity contribution in [3.8, 4) is 0 Å². The number of carbonyl (C=O) groups is 1. The van der Waals surface area contributed by atoms with Gasteiger partial charge in [-0.1, -0.05) is 5.16 Å². The van der Waals surface area contributed by atoms with Gasteiger partial charge in [-0.05, 0) is 6.92 Å². The number of rotatable bonds is 4. The Balaban J connectivity index is 1.46. The molecule has 22 heavy (non-hydrogen) atoms. The number of aryl methyl sites for hydroxylation is 1. The summed E-state index contributed by atoms with van der Waals surface area (Å²) in [7, 11) is 0. The minimum atomic E-state index is -0.0822. The standard InChI is InChI=1S/C14H18N6O2/c1-11-8-12(18-22-11)17-14(21)10-19-4-6-20(7-5-19)13-9-15-2-3-16-13/h2-3,8-9H,4-7,10H2,1H3,(H,17,18,21). The molecule has 1 aliphatic rings. The molecule has 1 amide bonds. The number of piperazine rings is 1. The van der Waals surface area contributed by atoms with Gasteiger partial charge in [0.2, 0.25) is 5.91 Å². The third kappa shape index (κ3) is 3.59. The Hall–Kier alpha value is -2.48. The zero-order valence-corrected chi connectivity index (χ0v) is 12.4. The summed E-state index contributed by atoms with van der Waals surface area (Å²) in [6, 6.07) is 1.70. The van der Waals surface area contributed by atoms with Crippen LogP contribution in [0.2, 0.25) is 0 Å². The molecule has 1 saturated heterocycles. The topological polar surface area (TPSA) is 87.4 Å². The lowest BCUT2D eigenvalue weighted by Gasteiger charge is -2.34. The lowest BCUT2D eigenvalue weighted by Crippen LogP contribution is -2.49. The van der Waals surface area contributed by atoms with Gasteiger partial charge >= 0.3 is 0 Å². The van der Waals surface area contributed by atoms with Crippen molar-refractivity contribution in [3.63, 3.8) is 0 Å². The number of hydrogen-bond donors (Lipinski definition) is 1. The SMILES string of the molecule is Cc1cc(NC(=O)CN2CCN(c3cnccn3)CC2)no1. The number of amides is 1. The van der Waals surface area contributed by atoms with Gasteiger partial charge in [0, 0.05) is 44.6 Å². The van der Waals surface area contributed by atoms with Gasteiger partial charge in [-0.2, -0.15) is 0 Å². The summed E-state index contributed by atoms with van der Waals surface area (Å²) in [5.74, 6) is 1.93. The Kier molecular flexibility index (Phi) is 4.29. The highest BCUT2D eigenvalue weighted by Gasteiger charge is 2.20. The van der Waals surface area contributed by atoms with Gasteiger partial charge in [0.25, 0.3) is 0 Å². The highest BCUT2D eigenvalue weighted by molar-refractivity contribution is 5.91. The molecule has 2 aromatic heterocycles. The average molecular weight is 302 g/mol. The Morgan fingerprint density at radius 1 is 1.32 bits per heavy atom. The number of nitrogens with zero attached hydrogens (tertiary/aromatic N) is 5. The van der Waals surface area contributed by atoms with Crippen LogP contribution in [-0.2, 0) is 4.79 Å². The molecule has 2 aromatic rings. The van der Waals surface area contributed by atoms with Gasteiger partial charge in [-0.3, -0.25) is 14.7 Å². The summed E-state index contributed by atoms with van der Waals surface area (Å²) in [6.07, 6.45) is 5.11. The molecule has 8 nitrogen and oxygen atoms in total. The third-order valence-electron chi connectivity index (χ3n) is 3.51. The van der Waals surface area contributed by atoms with Crippen LogP contribution in [0.15, 0.2) is 29.2 Å². The highest BCUT2D eigenvalue weighted by Crippen LogP contribution is 2.11. The molecule has 116 valence electrons. The monoisotopic (exact) mass is 302 g/mol. The fourth-order valence-corrected chi connectivity index (χ4v) is 2.40. The molecule has 0 bridgehead atoms. The molecule has 0 saturated carbocycles. The van der Waals surface area contributed by atoms with E-state index in [2.05, 4.69) is 30.2 Å². The van der Waals surface area contributed by atoms with Crippen molar-refractivity contribution < 1.29 is 9.32 Å². The van der Waals surface area contributed by atoms with E-state index in [9.17, 15) is 4.79 Å². The zero-order valence-electron chi connectivity index (χ0n) is 12.4. The van der Waals surface area contributed by atoms with Crippen molar-refractivity contribution in [1.82, 2.24) is 20.0 Å². The second-order valence-electron chi connectivity index (χ2n) is 5.20. The van der Waals surface area contributed by atoms with Gasteiger partial charge in [-0.15, -0.1) is 0 Å². The van der Waals surface area contributed by atoms with Crippen LogP contribution >= 0.6 is 0 Å². The minimum Gasteiger partial charge on any atom is -0.360 e. The Morgan fingerprint density at radius 3 is 2.77 bits per heavy atom. The van der Waals surface area contributed by atoms with E-state index in [4.69, 9.17) is 4.52 Å². The van der Waals surface area contributed by atoms with Crippen molar-refractivity contribution in [3.05, 3.63) is 30.4 Å². The van der Waals surface area contributed by atoms with Gasteiger partial charge in [0.1, 0.15) is 11.6 Å². The van der Waals surface area contributed by atoms with Gasteiger partial charge in [0.15, 0.2) is 5.82 Å². The molecular weight excluding hydrogens is 284 g/mol. The maximum Gasteiger partial charge on any atom is 0.239 e. The Morgan fingerprint density at radius 2 is 2.14 bits per heavy atom. The largest absolute Gasteiger partial charge is 0.360 e. The van der Waals surface area contributed by atoms with Crippen LogP contribution in [0.5, 0.6) is 0 Å². The summed E-state index contributed by atoms with van der Waals surface area (Å²) in [6.45, 7) is 5.41. The van der Waals surface area contributed by atoms with E-state index >= 15 is 0 Å². The summed E-state index contributed by atoms with van der Waals surface area (Å²) in [4.78, 5) is 24.6. The first-order chi connectivity index (χ1) is 10.7. The smallest absolute Gasteiger partial charge is 0.239 e. The molecule has 0 unspecified atom stereocenters. The van der Waals surface area contributed by atoms with Crippen LogP contribution in [-0.4, -0.2) is 58.7 Å². The summed E-state index contributed by atoms with van der Waals surface area (Å²) in [5, 5.41) is 6.48. The number of carbonyl (C=O) groups excluding carboxylic acids is 1. The maximum atomic E-state index is 12.0. The van der Waals surface area contributed by atoms with Gasteiger partial charge in [0.05, 0.1) is 12.7 Å². The van der Waals surface area contributed by atoms with Crippen LogP contribution in [0, 0.1) is 6.92 Å². The molecule has 0 radical (unpaired) electrons.